The second-order valence-corrected chi connectivity index (χ2v) is 5.16. The van der Waals surface area contributed by atoms with Gasteiger partial charge in [-0.3, -0.25) is 4.90 Å². The summed E-state index contributed by atoms with van der Waals surface area (Å²) in [5.41, 5.74) is 1.31. The summed E-state index contributed by atoms with van der Waals surface area (Å²) in [7, 11) is 0. The van der Waals surface area contributed by atoms with Crippen LogP contribution in [0.1, 0.15) is 6.42 Å². The van der Waals surface area contributed by atoms with Crippen LogP contribution in [0.4, 0.5) is 10.5 Å². The third-order valence-electron chi connectivity index (χ3n) is 3.10. The van der Waals surface area contributed by atoms with Crippen molar-refractivity contribution >= 4 is 23.3 Å². The predicted octanol–water partition coefficient (Wildman–Crippen LogP) is 3.36. The number of nitrogens with zero attached hydrogens (tertiary/aromatic N) is 3. The normalized spacial score (nSPS) is 14.7. The number of nitrogens with one attached hydrogen (secondary N) is 1. The van der Waals surface area contributed by atoms with Crippen LogP contribution in [0.5, 0.6) is 11.8 Å². The van der Waals surface area contributed by atoms with Gasteiger partial charge in [0.1, 0.15) is 5.75 Å². The summed E-state index contributed by atoms with van der Waals surface area (Å²) in [6.45, 7) is 4.28. The van der Waals surface area contributed by atoms with Gasteiger partial charge in [0.2, 0.25) is 0 Å². The molecule has 1 saturated heterocycles. The summed E-state index contributed by atoms with van der Waals surface area (Å²) in [6.07, 6.45) is 3.77. The Labute approximate surface area is 132 Å². The van der Waals surface area contributed by atoms with Crippen molar-refractivity contribution in [1.82, 2.24) is 15.3 Å². The van der Waals surface area contributed by atoms with Gasteiger partial charge in [0.25, 0.3) is 0 Å². The largest absolute Gasteiger partial charge is 0.424 e. The fourth-order valence-corrected chi connectivity index (χ4v) is 2.19. The number of carbonyl (C=O) groups excluding carboxylic acids is 1. The molecule has 0 bridgehead atoms. The molecule has 1 aromatic heterocycles. The quantitative estimate of drug-likeness (QED) is 0.943. The van der Waals surface area contributed by atoms with Crippen molar-refractivity contribution in [2.75, 3.05) is 11.4 Å². The second-order valence-electron chi connectivity index (χ2n) is 4.72. The Morgan fingerprint density at radius 3 is 2.77 bits per heavy atom. The highest BCUT2D eigenvalue weighted by molar-refractivity contribution is 6.30. The second kappa shape index (κ2) is 6.03. The van der Waals surface area contributed by atoms with E-state index in [1.54, 1.807) is 41.6 Å². The molecule has 22 heavy (non-hydrogen) atoms. The molecular weight excluding hydrogens is 304 g/mol. The molecule has 0 atom stereocenters. The van der Waals surface area contributed by atoms with E-state index in [2.05, 4.69) is 21.9 Å². The van der Waals surface area contributed by atoms with Crippen LogP contribution < -0.4 is 15.0 Å². The van der Waals surface area contributed by atoms with Crippen molar-refractivity contribution in [3.05, 3.63) is 54.0 Å². The molecule has 2 aromatic rings. The number of anilines is 1. The molecule has 3 rings (SSSR count). The van der Waals surface area contributed by atoms with E-state index in [0.717, 1.165) is 0 Å². The van der Waals surface area contributed by atoms with Gasteiger partial charge in [-0.05, 0) is 18.2 Å². The average Bonchev–Trinajstić information content (AvgIpc) is 2.48. The Bertz CT molecular complexity index is 718. The summed E-state index contributed by atoms with van der Waals surface area (Å²) < 4.78 is 5.51. The number of halogens is 1. The summed E-state index contributed by atoms with van der Waals surface area (Å²) in [5, 5.41) is 3.25. The van der Waals surface area contributed by atoms with Gasteiger partial charge in [-0.15, -0.1) is 0 Å². The van der Waals surface area contributed by atoms with Crippen LogP contribution in [0.25, 0.3) is 0 Å². The Balaban J connectivity index is 1.73. The summed E-state index contributed by atoms with van der Waals surface area (Å²) in [4.78, 5) is 21.6. The first-order valence-corrected chi connectivity index (χ1v) is 7.01. The van der Waals surface area contributed by atoms with Crippen LogP contribution >= 0.6 is 11.6 Å². The monoisotopic (exact) mass is 316 g/mol. The molecule has 2 heterocycles. The van der Waals surface area contributed by atoms with Crippen molar-refractivity contribution in [3.8, 4) is 11.8 Å². The van der Waals surface area contributed by atoms with Crippen molar-refractivity contribution in [2.24, 2.45) is 0 Å². The number of urea groups is 1. The molecule has 0 unspecified atom stereocenters. The molecule has 2 amide bonds. The highest BCUT2D eigenvalue weighted by atomic mass is 35.5. The Hall–Kier alpha value is -2.60. The van der Waals surface area contributed by atoms with E-state index in [4.69, 9.17) is 16.3 Å². The van der Waals surface area contributed by atoms with E-state index in [1.165, 1.54) is 0 Å². The standard InChI is InChI=1S/C15H13ClN4O2/c1-10-5-6-20(15(21)19-10)12-8-17-14(18-9-12)22-13-4-2-3-11(16)7-13/h2-4,7-9H,1,5-6H2,(H,19,21). The SMILES string of the molecule is C=C1CCN(c2cnc(Oc3cccc(Cl)c3)nc2)C(=O)N1. The highest BCUT2D eigenvalue weighted by Gasteiger charge is 2.21. The molecular formula is C15H13ClN4O2. The number of hydrogen-bond donors (Lipinski definition) is 1. The maximum atomic E-state index is 11.9. The smallest absolute Gasteiger partial charge is 0.326 e. The lowest BCUT2D eigenvalue weighted by Crippen LogP contribution is -2.45. The molecule has 7 heteroatoms. The maximum absolute atomic E-state index is 11.9. The topological polar surface area (TPSA) is 67.3 Å². The van der Waals surface area contributed by atoms with Gasteiger partial charge >= 0.3 is 12.0 Å². The van der Waals surface area contributed by atoms with Crippen LogP contribution in [0, 0.1) is 0 Å². The van der Waals surface area contributed by atoms with E-state index in [1.807, 2.05) is 0 Å². The van der Waals surface area contributed by atoms with Crippen LogP contribution in [0.3, 0.4) is 0 Å². The fourth-order valence-electron chi connectivity index (χ4n) is 2.01. The maximum Gasteiger partial charge on any atom is 0.326 e. The molecule has 1 N–H and O–H groups in total. The van der Waals surface area contributed by atoms with Crippen molar-refractivity contribution in [1.29, 1.82) is 0 Å². The summed E-state index contributed by atoms with van der Waals surface area (Å²) in [6, 6.07) is 6.91. The van der Waals surface area contributed by atoms with Crippen LogP contribution in [-0.4, -0.2) is 22.5 Å². The van der Waals surface area contributed by atoms with Crippen LogP contribution in [0.2, 0.25) is 5.02 Å². The lowest BCUT2D eigenvalue weighted by atomic mass is 10.2. The third kappa shape index (κ3) is 3.17. The van der Waals surface area contributed by atoms with E-state index < -0.39 is 0 Å². The number of amides is 2. The molecule has 1 aliphatic rings. The lowest BCUT2D eigenvalue weighted by molar-refractivity contribution is 0.246. The first-order valence-electron chi connectivity index (χ1n) is 6.63. The predicted molar refractivity (Wildman–Crippen MR) is 83.2 cm³/mol. The van der Waals surface area contributed by atoms with Gasteiger partial charge in [0.15, 0.2) is 0 Å². The number of hydrogen-bond acceptors (Lipinski definition) is 4. The number of benzene rings is 1. The molecule has 0 radical (unpaired) electrons. The number of ether oxygens (including phenoxy) is 1. The zero-order valence-corrected chi connectivity index (χ0v) is 12.4. The molecule has 0 spiro atoms. The molecule has 0 aliphatic carbocycles. The fraction of sp³-hybridized carbons (Fsp3) is 0.133. The Kier molecular flexibility index (Phi) is 3.93. The van der Waals surface area contributed by atoms with E-state index in [-0.39, 0.29) is 12.0 Å². The minimum atomic E-state index is -0.233. The zero-order chi connectivity index (χ0) is 15.5. The van der Waals surface area contributed by atoms with Gasteiger partial charge in [0, 0.05) is 23.7 Å². The van der Waals surface area contributed by atoms with Gasteiger partial charge in [-0.1, -0.05) is 24.2 Å². The van der Waals surface area contributed by atoms with Crippen molar-refractivity contribution in [2.45, 2.75) is 6.42 Å². The van der Waals surface area contributed by atoms with Crippen LogP contribution in [0.15, 0.2) is 48.9 Å². The lowest BCUT2D eigenvalue weighted by Gasteiger charge is -2.28. The average molecular weight is 317 g/mol. The number of rotatable bonds is 3. The summed E-state index contributed by atoms with van der Waals surface area (Å²) in [5.74, 6) is 0.548. The Morgan fingerprint density at radius 1 is 1.32 bits per heavy atom. The van der Waals surface area contributed by atoms with E-state index in [9.17, 15) is 4.79 Å². The van der Waals surface area contributed by atoms with Crippen molar-refractivity contribution in [3.63, 3.8) is 0 Å². The third-order valence-corrected chi connectivity index (χ3v) is 3.33. The minimum absolute atomic E-state index is 0.188. The minimum Gasteiger partial charge on any atom is -0.424 e. The highest BCUT2D eigenvalue weighted by Crippen LogP contribution is 2.23. The van der Waals surface area contributed by atoms with Crippen molar-refractivity contribution < 1.29 is 9.53 Å². The first-order chi connectivity index (χ1) is 10.6. The van der Waals surface area contributed by atoms with Gasteiger partial charge in [0.05, 0.1) is 18.1 Å². The number of carbonyl (C=O) groups is 1. The molecule has 0 saturated carbocycles. The number of aromatic nitrogens is 2. The zero-order valence-electron chi connectivity index (χ0n) is 11.6. The summed E-state index contributed by atoms with van der Waals surface area (Å²) >= 11 is 5.89. The molecule has 1 aliphatic heterocycles. The van der Waals surface area contributed by atoms with Crippen LogP contribution in [-0.2, 0) is 0 Å². The Morgan fingerprint density at radius 2 is 2.09 bits per heavy atom. The molecule has 112 valence electrons. The van der Waals surface area contributed by atoms with E-state index >= 15 is 0 Å². The van der Waals surface area contributed by atoms with E-state index in [0.29, 0.717) is 35.1 Å². The molecule has 6 nitrogen and oxygen atoms in total. The molecule has 1 aromatic carbocycles. The van der Waals surface area contributed by atoms with Gasteiger partial charge < -0.3 is 10.1 Å². The van der Waals surface area contributed by atoms with Gasteiger partial charge in [-0.2, -0.15) is 0 Å². The molecule has 1 fully saturated rings. The first kappa shape index (κ1) is 14.3. The van der Waals surface area contributed by atoms with Gasteiger partial charge in [-0.25, -0.2) is 14.8 Å².